The first-order chi connectivity index (χ1) is 16.1. The number of hydrogen-bond acceptors (Lipinski definition) is 10. The molecule has 0 aliphatic carbocycles. The average Bonchev–Trinajstić information content (AvgIpc) is 2.82. The maximum Gasteiger partial charge on any atom is 0.322 e. The van der Waals surface area contributed by atoms with E-state index in [-0.39, 0.29) is 18.7 Å². The van der Waals surface area contributed by atoms with Crippen LogP contribution in [0.2, 0.25) is 5.02 Å². The number of aliphatic hydroxyl groups is 1. The van der Waals surface area contributed by atoms with Gasteiger partial charge in [0, 0.05) is 32.2 Å². The number of halogens is 1. The van der Waals surface area contributed by atoms with Gasteiger partial charge in [0.1, 0.15) is 16.5 Å². The number of ether oxygens (including phenoxy) is 3. The number of aromatic nitrogens is 3. The van der Waals surface area contributed by atoms with Crippen molar-refractivity contribution in [3.8, 4) is 17.5 Å². The van der Waals surface area contributed by atoms with E-state index in [2.05, 4.69) is 30.5 Å². The van der Waals surface area contributed by atoms with E-state index in [1.54, 1.807) is 0 Å². The molecule has 0 spiro atoms. The molecule has 0 amide bonds. The predicted octanol–water partition coefficient (Wildman–Crippen LogP) is 2.81. The number of hydrogen-bond donors (Lipinski definition) is 3. The van der Waals surface area contributed by atoms with Crippen LogP contribution in [0.25, 0.3) is 0 Å². The molecule has 2 heterocycles. The van der Waals surface area contributed by atoms with Crippen LogP contribution in [0.15, 0.2) is 12.1 Å². The SMILES string of the molecule is CCOc1cc(CN2CCC(Nc3nc(NCCO)nc(OC)n3)CC2)cc(OCC)c1Cl. The standard InChI is InChI=1S/C22H33ClN6O4/c1-4-32-17-12-15(13-18(19(17)23)33-5-2)14-29-9-6-16(7-10-29)25-21-26-20(24-8-11-30)27-22(28-21)31-3/h12-13,16,30H,4-11,14H2,1-3H3,(H2,24,25,26,27,28). The number of benzene rings is 1. The normalized spacial score (nSPS) is 14.7. The van der Waals surface area contributed by atoms with E-state index >= 15 is 0 Å². The van der Waals surface area contributed by atoms with E-state index in [9.17, 15) is 0 Å². The van der Waals surface area contributed by atoms with E-state index in [0.29, 0.717) is 48.2 Å². The largest absolute Gasteiger partial charge is 0.492 e. The van der Waals surface area contributed by atoms with Crippen molar-refractivity contribution in [3.63, 3.8) is 0 Å². The Kier molecular flexibility index (Phi) is 9.59. The van der Waals surface area contributed by atoms with Gasteiger partial charge in [-0.1, -0.05) is 11.6 Å². The van der Waals surface area contributed by atoms with E-state index in [1.165, 1.54) is 7.11 Å². The van der Waals surface area contributed by atoms with Gasteiger partial charge in [-0.15, -0.1) is 0 Å². The number of aliphatic hydroxyl groups excluding tert-OH is 1. The number of methoxy groups -OCH3 is 1. The lowest BCUT2D eigenvalue weighted by molar-refractivity contribution is 0.210. The van der Waals surface area contributed by atoms with Crippen molar-refractivity contribution in [1.82, 2.24) is 19.9 Å². The first kappa shape index (κ1) is 25.1. The second-order valence-electron chi connectivity index (χ2n) is 7.59. The summed E-state index contributed by atoms with van der Waals surface area (Å²) in [4.78, 5) is 15.2. The van der Waals surface area contributed by atoms with Gasteiger partial charge in [-0.3, -0.25) is 4.90 Å². The van der Waals surface area contributed by atoms with Crippen LogP contribution in [0.1, 0.15) is 32.3 Å². The zero-order valence-corrected chi connectivity index (χ0v) is 20.2. The molecule has 3 rings (SSSR count). The lowest BCUT2D eigenvalue weighted by Crippen LogP contribution is -2.39. The molecular formula is C22H33ClN6O4. The fourth-order valence-corrected chi connectivity index (χ4v) is 3.89. The van der Waals surface area contributed by atoms with Crippen LogP contribution in [-0.2, 0) is 6.54 Å². The Balaban J connectivity index is 1.59. The van der Waals surface area contributed by atoms with Crippen LogP contribution in [0.5, 0.6) is 17.5 Å². The molecule has 33 heavy (non-hydrogen) atoms. The first-order valence-electron chi connectivity index (χ1n) is 11.3. The van der Waals surface area contributed by atoms with Crippen molar-refractivity contribution in [3.05, 3.63) is 22.7 Å². The molecule has 3 N–H and O–H groups in total. The van der Waals surface area contributed by atoms with Crippen molar-refractivity contribution in [2.24, 2.45) is 0 Å². The summed E-state index contributed by atoms with van der Waals surface area (Å²) < 4.78 is 16.6. The summed E-state index contributed by atoms with van der Waals surface area (Å²) in [7, 11) is 1.51. The average molecular weight is 481 g/mol. The fourth-order valence-electron chi connectivity index (χ4n) is 3.67. The second kappa shape index (κ2) is 12.6. The van der Waals surface area contributed by atoms with Gasteiger partial charge in [0.15, 0.2) is 0 Å². The van der Waals surface area contributed by atoms with E-state index in [4.69, 9.17) is 30.9 Å². The molecule has 0 atom stereocenters. The lowest BCUT2D eigenvalue weighted by atomic mass is 10.0. The van der Waals surface area contributed by atoms with Crippen LogP contribution in [-0.4, -0.2) is 77.6 Å². The molecule has 1 fully saturated rings. The highest BCUT2D eigenvalue weighted by atomic mass is 35.5. The Bertz CT molecular complexity index is 868. The van der Waals surface area contributed by atoms with Gasteiger partial charge in [-0.05, 0) is 44.4 Å². The van der Waals surface area contributed by atoms with Gasteiger partial charge < -0.3 is 30.0 Å². The molecule has 1 aromatic heterocycles. The number of likely N-dealkylation sites (tertiary alicyclic amines) is 1. The Morgan fingerprint density at radius 1 is 1.06 bits per heavy atom. The predicted molar refractivity (Wildman–Crippen MR) is 128 cm³/mol. The summed E-state index contributed by atoms with van der Waals surface area (Å²) in [6.45, 7) is 7.95. The summed E-state index contributed by atoms with van der Waals surface area (Å²) in [6.07, 6.45) is 1.88. The fraction of sp³-hybridized carbons (Fsp3) is 0.591. The molecular weight excluding hydrogens is 448 g/mol. The monoisotopic (exact) mass is 480 g/mol. The lowest BCUT2D eigenvalue weighted by Gasteiger charge is -2.32. The third-order valence-electron chi connectivity index (χ3n) is 5.18. The minimum Gasteiger partial charge on any atom is -0.492 e. The van der Waals surface area contributed by atoms with Crippen molar-refractivity contribution in [2.45, 2.75) is 39.3 Å². The molecule has 0 unspecified atom stereocenters. The summed E-state index contributed by atoms with van der Waals surface area (Å²) in [6, 6.07) is 4.46. The van der Waals surface area contributed by atoms with Gasteiger partial charge in [0.2, 0.25) is 11.9 Å². The number of nitrogens with zero attached hydrogens (tertiary/aromatic N) is 4. The molecule has 0 saturated carbocycles. The van der Waals surface area contributed by atoms with Gasteiger partial charge in [0.05, 0.1) is 26.9 Å². The Morgan fingerprint density at radius 2 is 1.70 bits per heavy atom. The minimum absolute atomic E-state index is 0.0129. The summed E-state index contributed by atoms with van der Waals surface area (Å²) in [5.41, 5.74) is 1.11. The van der Waals surface area contributed by atoms with Crippen LogP contribution >= 0.6 is 11.6 Å². The molecule has 0 radical (unpaired) electrons. The Labute approximate surface area is 199 Å². The third-order valence-corrected chi connectivity index (χ3v) is 5.56. The summed E-state index contributed by atoms with van der Waals surface area (Å²) in [5, 5.41) is 15.9. The molecule has 1 aliphatic rings. The maximum atomic E-state index is 9.01. The van der Waals surface area contributed by atoms with Gasteiger partial charge >= 0.3 is 6.01 Å². The number of anilines is 2. The molecule has 2 aromatic rings. The number of nitrogens with one attached hydrogen (secondary N) is 2. The molecule has 10 nitrogen and oxygen atoms in total. The van der Waals surface area contributed by atoms with E-state index in [1.807, 2.05) is 26.0 Å². The Hall–Kier alpha value is -2.56. The number of rotatable bonds is 12. The third kappa shape index (κ3) is 7.21. The molecule has 1 saturated heterocycles. The quantitative estimate of drug-likeness (QED) is 0.419. The van der Waals surface area contributed by atoms with Crippen molar-refractivity contribution in [2.75, 3.05) is 57.2 Å². The van der Waals surface area contributed by atoms with Crippen LogP contribution in [0.3, 0.4) is 0 Å². The molecule has 11 heteroatoms. The topological polar surface area (TPSA) is 114 Å². The molecule has 1 aliphatic heterocycles. The zero-order chi connectivity index (χ0) is 23.6. The highest BCUT2D eigenvalue weighted by molar-refractivity contribution is 6.33. The van der Waals surface area contributed by atoms with Crippen LogP contribution in [0, 0.1) is 0 Å². The summed E-state index contributed by atoms with van der Waals surface area (Å²) in [5.74, 6) is 2.15. The van der Waals surface area contributed by atoms with Crippen molar-refractivity contribution >= 4 is 23.5 Å². The van der Waals surface area contributed by atoms with Gasteiger partial charge in [-0.2, -0.15) is 15.0 Å². The van der Waals surface area contributed by atoms with Crippen molar-refractivity contribution in [1.29, 1.82) is 0 Å². The smallest absolute Gasteiger partial charge is 0.322 e. The first-order valence-corrected chi connectivity index (χ1v) is 11.7. The van der Waals surface area contributed by atoms with Gasteiger partial charge in [0.25, 0.3) is 0 Å². The Morgan fingerprint density at radius 3 is 2.27 bits per heavy atom. The van der Waals surface area contributed by atoms with Crippen molar-refractivity contribution < 1.29 is 19.3 Å². The minimum atomic E-state index is -0.0129. The molecule has 182 valence electrons. The van der Waals surface area contributed by atoms with Gasteiger partial charge in [-0.25, -0.2) is 0 Å². The molecule has 1 aromatic carbocycles. The van der Waals surface area contributed by atoms with Crippen LogP contribution < -0.4 is 24.8 Å². The number of piperidine rings is 1. The van der Waals surface area contributed by atoms with E-state index < -0.39 is 0 Å². The highest BCUT2D eigenvalue weighted by Gasteiger charge is 2.22. The summed E-state index contributed by atoms with van der Waals surface area (Å²) >= 11 is 6.42. The zero-order valence-electron chi connectivity index (χ0n) is 19.4. The molecule has 0 bridgehead atoms. The maximum absolute atomic E-state index is 9.01. The van der Waals surface area contributed by atoms with E-state index in [0.717, 1.165) is 38.0 Å². The van der Waals surface area contributed by atoms with Crippen LogP contribution in [0.4, 0.5) is 11.9 Å². The second-order valence-corrected chi connectivity index (χ2v) is 7.96. The highest BCUT2D eigenvalue weighted by Crippen LogP contribution is 2.36.